The number of rotatable bonds is 1. The predicted molar refractivity (Wildman–Crippen MR) is 46.7 cm³/mol. The number of aromatic nitrogens is 2. The van der Waals surface area contributed by atoms with E-state index in [9.17, 15) is 0 Å². The van der Waals surface area contributed by atoms with Crippen LogP contribution in [0.25, 0.3) is 10.9 Å². The van der Waals surface area contributed by atoms with Gasteiger partial charge in [-0.25, -0.2) is 4.68 Å². The van der Waals surface area contributed by atoms with E-state index in [-0.39, 0.29) is 6.73 Å². The Bertz CT molecular complexity index is 406. The van der Waals surface area contributed by atoms with Crippen molar-refractivity contribution < 1.29 is 5.11 Å². The van der Waals surface area contributed by atoms with Gasteiger partial charge in [0.2, 0.25) is 0 Å². The number of nitrogens with zero attached hydrogens (tertiary/aromatic N) is 2. The molecule has 1 N–H and O–H groups in total. The molecule has 1 heterocycles. The molecule has 0 atom stereocenters. The molecule has 3 heteroatoms. The van der Waals surface area contributed by atoms with Crippen LogP contribution in [-0.2, 0) is 6.73 Å². The standard InChI is InChI=1S/C9H10N2O/c1-7-8-4-2-3-5-9(8)11(6-12)10-7/h2-5,12H,6H2,1H3. The van der Waals surface area contributed by atoms with Gasteiger partial charge < -0.3 is 5.11 Å². The maximum Gasteiger partial charge on any atom is 0.136 e. The summed E-state index contributed by atoms with van der Waals surface area (Å²) in [5, 5.41) is 14.2. The summed E-state index contributed by atoms with van der Waals surface area (Å²) in [6, 6.07) is 7.86. The van der Waals surface area contributed by atoms with E-state index in [1.54, 1.807) is 4.68 Å². The highest BCUT2D eigenvalue weighted by Gasteiger charge is 2.03. The molecule has 12 heavy (non-hydrogen) atoms. The zero-order valence-corrected chi connectivity index (χ0v) is 6.86. The Morgan fingerprint density at radius 2 is 2.17 bits per heavy atom. The van der Waals surface area contributed by atoms with Crippen LogP contribution in [0.2, 0.25) is 0 Å². The molecule has 0 aliphatic heterocycles. The van der Waals surface area contributed by atoms with Gasteiger partial charge in [-0.05, 0) is 13.0 Å². The van der Waals surface area contributed by atoms with Crippen molar-refractivity contribution in [1.29, 1.82) is 0 Å². The third-order valence-electron chi connectivity index (χ3n) is 1.98. The second kappa shape index (κ2) is 2.60. The Morgan fingerprint density at radius 1 is 1.42 bits per heavy atom. The van der Waals surface area contributed by atoms with Crippen LogP contribution in [0.1, 0.15) is 5.69 Å². The topological polar surface area (TPSA) is 38.0 Å². The quantitative estimate of drug-likeness (QED) is 0.686. The number of fused-ring (bicyclic) bond motifs is 1. The highest BCUT2D eigenvalue weighted by Crippen LogP contribution is 2.16. The molecule has 2 aromatic rings. The molecule has 2 rings (SSSR count). The molecular formula is C9H10N2O. The zero-order valence-electron chi connectivity index (χ0n) is 6.86. The van der Waals surface area contributed by atoms with E-state index >= 15 is 0 Å². The lowest BCUT2D eigenvalue weighted by Crippen LogP contribution is -1.97. The van der Waals surface area contributed by atoms with Crippen LogP contribution in [0.4, 0.5) is 0 Å². The molecule has 0 spiro atoms. The van der Waals surface area contributed by atoms with Gasteiger partial charge in [0.05, 0.1) is 11.2 Å². The van der Waals surface area contributed by atoms with Crippen molar-refractivity contribution in [2.75, 3.05) is 0 Å². The molecule has 0 saturated heterocycles. The first-order valence-corrected chi connectivity index (χ1v) is 3.86. The number of para-hydroxylation sites is 1. The zero-order chi connectivity index (χ0) is 8.55. The molecule has 0 unspecified atom stereocenters. The van der Waals surface area contributed by atoms with Crippen molar-refractivity contribution in [3.63, 3.8) is 0 Å². The first kappa shape index (κ1) is 7.31. The molecule has 0 fully saturated rings. The van der Waals surface area contributed by atoms with E-state index in [0.29, 0.717) is 0 Å². The summed E-state index contributed by atoms with van der Waals surface area (Å²) in [5.41, 5.74) is 1.94. The summed E-state index contributed by atoms with van der Waals surface area (Å²) in [5.74, 6) is 0. The fraction of sp³-hybridized carbons (Fsp3) is 0.222. The average Bonchev–Trinajstić information content (AvgIpc) is 2.44. The largest absolute Gasteiger partial charge is 0.374 e. The van der Waals surface area contributed by atoms with Gasteiger partial charge in [0, 0.05) is 5.39 Å². The molecule has 0 saturated carbocycles. The second-order valence-corrected chi connectivity index (χ2v) is 2.74. The normalized spacial score (nSPS) is 10.8. The lowest BCUT2D eigenvalue weighted by atomic mass is 10.2. The van der Waals surface area contributed by atoms with Gasteiger partial charge in [-0.3, -0.25) is 0 Å². The van der Waals surface area contributed by atoms with Crippen LogP contribution < -0.4 is 0 Å². The van der Waals surface area contributed by atoms with Crippen molar-refractivity contribution in [2.24, 2.45) is 0 Å². The van der Waals surface area contributed by atoms with E-state index in [1.807, 2.05) is 31.2 Å². The Labute approximate surface area is 70.2 Å². The molecule has 1 aromatic heterocycles. The Kier molecular flexibility index (Phi) is 1.59. The van der Waals surface area contributed by atoms with Gasteiger partial charge in [0.15, 0.2) is 0 Å². The average molecular weight is 162 g/mol. The highest BCUT2D eigenvalue weighted by molar-refractivity contribution is 5.81. The summed E-state index contributed by atoms with van der Waals surface area (Å²) in [6.07, 6.45) is 0. The van der Waals surface area contributed by atoms with Gasteiger partial charge in [-0.1, -0.05) is 18.2 Å². The third-order valence-corrected chi connectivity index (χ3v) is 1.98. The van der Waals surface area contributed by atoms with Gasteiger partial charge in [-0.2, -0.15) is 5.10 Å². The summed E-state index contributed by atoms with van der Waals surface area (Å²) in [4.78, 5) is 0. The second-order valence-electron chi connectivity index (χ2n) is 2.74. The molecule has 0 bridgehead atoms. The van der Waals surface area contributed by atoms with E-state index in [0.717, 1.165) is 16.6 Å². The molecule has 1 aromatic carbocycles. The SMILES string of the molecule is Cc1nn(CO)c2ccccc12. The Morgan fingerprint density at radius 3 is 2.92 bits per heavy atom. The van der Waals surface area contributed by atoms with Crippen molar-refractivity contribution >= 4 is 10.9 Å². The van der Waals surface area contributed by atoms with E-state index in [1.165, 1.54) is 0 Å². The molecule has 0 amide bonds. The Hall–Kier alpha value is -1.35. The van der Waals surface area contributed by atoms with Gasteiger partial charge in [0.25, 0.3) is 0 Å². The van der Waals surface area contributed by atoms with Crippen molar-refractivity contribution in [3.8, 4) is 0 Å². The Balaban J connectivity index is 2.82. The summed E-state index contributed by atoms with van der Waals surface area (Å²) >= 11 is 0. The van der Waals surface area contributed by atoms with Crippen LogP contribution in [0.3, 0.4) is 0 Å². The molecular weight excluding hydrogens is 152 g/mol. The lowest BCUT2D eigenvalue weighted by Gasteiger charge is -1.94. The predicted octanol–water partition coefficient (Wildman–Crippen LogP) is 1.29. The summed E-state index contributed by atoms with van der Waals surface area (Å²) in [6.45, 7) is 1.88. The maximum atomic E-state index is 8.95. The van der Waals surface area contributed by atoms with Crippen molar-refractivity contribution in [3.05, 3.63) is 30.0 Å². The summed E-state index contributed by atoms with van der Waals surface area (Å²) < 4.78 is 1.59. The van der Waals surface area contributed by atoms with Gasteiger partial charge in [0.1, 0.15) is 6.73 Å². The fourth-order valence-electron chi connectivity index (χ4n) is 1.40. The number of benzene rings is 1. The number of aliphatic hydroxyl groups excluding tert-OH is 1. The molecule has 0 aliphatic carbocycles. The van der Waals surface area contributed by atoms with Crippen LogP contribution in [0.15, 0.2) is 24.3 Å². The molecule has 62 valence electrons. The van der Waals surface area contributed by atoms with Gasteiger partial charge >= 0.3 is 0 Å². The minimum absolute atomic E-state index is 0.0612. The first-order valence-electron chi connectivity index (χ1n) is 3.86. The smallest absolute Gasteiger partial charge is 0.136 e. The van der Waals surface area contributed by atoms with Crippen molar-refractivity contribution in [1.82, 2.24) is 9.78 Å². The molecule has 3 nitrogen and oxygen atoms in total. The van der Waals surface area contributed by atoms with Crippen LogP contribution >= 0.6 is 0 Å². The third kappa shape index (κ3) is 0.905. The number of aliphatic hydroxyl groups is 1. The van der Waals surface area contributed by atoms with E-state index < -0.39 is 0 Å². The van der Waals surface area contributed by atoms with E-state index in [2.05, 4.69) is 5.10 Å². The van der Waals surface area contributed by atoms with Crippen LogP contribution in [-0.4, -0.2) is 14.9 Å². The maximum absolute atomic E-state index is 8.95. The minimum atomic E-state index is -0.0612. The number of hydrogen-bond donors (Lipinski definition) is 1. The van der Waals surface area contributed by atoms with E-state index in [4.69, 9.17) is 5.11 Å². The highest BCUT2D eigenvalue weighted by atomic mass is 16.3. The van der Waals surface area contributed by atoms with Gasteiger partial charge in [-0.15, -0.1) is 0 Å². The monoisotopic (exact) mass is 162 g/mol. The molecule has 0 radical (unpaired) electrons. The molecule has 0 aliphatic rings. The lowest BCUT2D eigenvalue weighted by molar-refractivity contribution is 0.200. The van der Waals surface area contributed by atoms with Crippen LogP contribution in [0, 0.1) is 6.92 Å². The minimum Gasteiger partial charge on any atom is -0.374 e. The summed E-state index contributed by atoms with van der Waals surface area (Å²) in [7, 11) is 0. The first-order chi connectivity index (χ1) is 5.83. The number of aryl methyl sites for hydroxylation is 1. The fourth-order valence-corrected chi connectivity index (χ4v) is 1.40. The number of hydrogen-bond acceptors (Lipinski definition) is 2. The van der Waals surface area contributed by atoms with Crippen LogP contribution in [0.5, 0.6) is 0 Å². The van der Waals surface area contributed by atoms with Crippen molar-refractivity contribution in [2.45, 2.75) is 13.7 Å².